The molecule has 0 amide bonds. The normalized spacial score (nSPS) is 16.8. The summed E-state index contributed by atoms with van der Waals surface area (Å²) in [5, 5.41) is 5.29. The van der Waals surface area contributed by atoms with Gasteiger partial charge in [0, 0.05) is 10.4 Å². The molecule has 2 aromatic rings. The number of rotatable bonds is 3. The van der Waals surface area contributed by atoms with Gasteiger partial charge in [-0.3, -0.25) is 0 Å². The highest BCUT2D eigenvalue weighted by Crippen LogP contribution is 2.46. The molecule has 0 spiro atoms. The smallest absolute Gasteiger partial charge is 0.147 e. The van der Waals surface area contributed by atoms with E-state index in [1.54, 1.807) is 0 Å². The number of hydrogen-bond acceptors (Lipinski definition) is 2. The van der Waals surface area contributed by atoms with Crippen molar-refractivity contribution in [2.24, 2.45) is 0 Å². The Labute approximate surface area is 112 Å². The lowest BCUT2D eigenvalue weighted by Gasteiger charge is -2.11. The monoisotopic (exact) mass is 261 g/mol. The molecule has 3 nitrogen and oxygen atoms in total. The molecule has 1 heterocycles. The van der Waals surface area contributed by atoms with Crippen LogP contribution in [0, 0.1) is 6.92 Å². The molecule has 0 unspecified atom stereocenters. The molecule has 1 fully saturated rings. The van der Waals surface area contributed by atoms with Crippen LogP contribution in [-0.4, -0.2) is 14.8 Å². The molecule has 3 rings (SSSR count). The third-order valence-corrected chi connectivity index (χ3v) is 3.96. The maximum absolute atomic E-state index is 6.20. The number of hydrogen-bond donors (Lipinski definition) is 0. The zero-order chi connectivity index (χ0) is 12.8. The van der Waals surface area contributed by atoms with E-state index < -0.39 is 0 Å². The summed E-state index contributed by atoms with van der Waals surface area (Å²) in [7, 11) is 0. The van der Waals surface area contributed by atoms with E-state index >= 15 is 0 Å². The fraction of sp³-hybridized carbons (Fsp3) is 0.429. The third-order valence-electron chi connectivity index (χ3n) is 3.60. The minimum Gasteiger partial charge on any atom is -0.245 e. The van der Waals surface area contributed by atoms with Crippen LogP contribution in [0.2, 0.25) is 5.02 Å². The first kappa shape index (κ1) is 11.7. The molecule has 0 N–H and O–H groups in total. The molecule has 0 radical (unpaired) electrons. The molecule has 0 saturated heterocycles. The van der Waals surface area contributed by atoms with E-state index in [4.69, 9.17) is 11.6 Å². The Balaban J connectivity index is 1.96. The SMILES string of the molecule is Cc1nc(C2(C)CC2)n(Cc2ccccc2Cl)n1. The molecule has 18 heavy (non-hydrogen) atoms. The van der Waals surface area contributed by atoms with Gasteiger partial charge in [-0.25, -0.2) is 9.67 Å². The van der Waals surface area contributed by atoms with Crippen LogP contribution in [0.3, 0.4) is 0 Å². The summed E-state index contributed by atoms with van der Waals surface area (Å²) in [6.45, 7) is 4.89. The van der Waals surface area contributed by atoms with Gasteiger partial charge >= 0.3 is 0 Å². The van der Waals surface area contributed by atoms with Gasteiger partial charge in [0.15, 0.2) is 0 Å². The Kier molecular flexibility index (Phi) is 2.67. The van der Waals surface area contributed by atoms with Gasteiger partial charge in [-0.1, -0.05) is 36.7 Å². The van der Waals surface area contributed by atoms with E-state index in [2.05, 4.69) is 17.0 Å². The molecule has 1 aromatic carbocycles. The molecule has 0 atom stereocenters. The lowest BCUT2D eigenvalue weighted by Crippen LogP contribution is -2.14. The van der Waals surface area contributed by atoms with Crippen molar-refractivity contribution < 1.29 is 0 Å². The highest BCUT2D eigenvalue weighted by Gasteiger charge is 2.43. The second kappa shape index (κ2) is 4.09. The number of benzene rings is 1. The highest BCUT2D eigenvalue weighted by molar-refractivity contribution is 6.31. The first-order valence-corrected chi connectivity index (χ1v) is 6.62. The van der Waals surface area contributed by atoms with Gasteiger partial charge in [0.25, 0.3) is 0 Å². The van der Waals surface area contributed by atoms with Gasteiger partial charge in [0.1, 0.15) is 11.6 Å². The second-order valence-corrected chi connectivity index (χ2v) is 5.70. The number of nitrogens with zero attached hydrogens (tertiary/aromatic N) is 3. The van der Waals surface area contributed by atoms with Crippen molar-refractivity contribution in [2.45, 2.75) is 38.6 Å². The molecule has 1 aliphatic rings. The average Bonchev–Trinajstić information content (AvgIpc) is 2.96. The maximum atomic E-state index is 6.20. The Hall–Kier alpha value is -1.35. The van der Waals surface area contributed by atoms with E-state index in [-0.39, 0.29) is 5.41 Å². The highest BCUT2D eigenvalue weighted by atomic mass is 35.5. The van der Waals surface area contributed by atoms with Crippen molar-refractivity contribution in [3.8, 4) is 0 Å². The Morgan fingerprint density at radius 2 is 2.06 bits per heavy atom. The minimum absolute atomic E-state index is 0.225. The topological polar surface area (TPSA) is 30.7 Å². The van der Waals surface area contributed by atoms with Gasteiger partial charge < -0.3 is 0 Å². The Morgan fingerprint density at radius 1 is 1.33 bits per heavy atom. The van der Waals surface area contributed by atoms with E-state index in [9.17, 15) is 0 Å². The summed E-state index contributed by atoms with van der Waals surface area (Å²) < 4.78 is 2.00. The van der Waals surface area contributed by atoms with Crippen molar-refractivity contribution in [2.75, 3.05) is 0 Å². The number of aromatic nitrogens is 3. The summed E-state index contributed by atoms with van der Waals surface area (Å²) in [6.07, 6.45) is 2.40. The van der Waals surface area contributed by atoms with Gasteiger partial charge in [0.2, 0.25) is 0 Å². The van der Waals surface area contributed by atoms with E-state index in [1.165, 1.54) is 12.8 Å². The van der Waals surface area contributed by atoms with Crippen LogP contribution >= 0.6 is 11.6 Å². The Bertz CT molecular complexity index is 584. The van der Waals surface area contributed by atoms with Gasteiger partial charge in [-0.05, 0) is 31.4 Å². The van der Waals surface area contributed by atoms with Crippen LogP contribution in [0.1, 0.15) is 37.0 Å². The molecular formula is C14H16ClN3. The van der Waals surface area contributed by atoms with Crippen molar-refractivity contribution >= 4 is 11.6 Å². The quantitative estimate of drug-likeness (QED) is 0.848. The van der Waals surface area contributed by atoms with Crippen LogP contribution < -0.4 is 0 Å². The zero-order valence-corrected chi connectivity index (χ0v) is 11.4. The lowest BCUT2D eigenvalue weighted by molar-refractivity contribution is 0.579. The largest absolute Gasteiger partial charge is 0.245 e. The molecule has 94 valence electrons. The minimum atomic E-state index is 0.225. The van der Waals surface area contributed by atoms with Crippen LogP contribution in [-0.2, 0) is 12.0 Å². The predicted octanol–water partition coefficient (Wildman–Crippen LogP) is 3.34. The van der Waals surface area contributed by atoms with E-state index in [0.717, 1.165) is 22.2 Å². The standard InChI is InChI=1S/C14H16ClN3/c1-10-16-13(14(2)7-8-14)18(17-10)9-11-5-3-4-6-12(11)15/h3-6H,7-9H2,1-2H3. The summed E-state index contributed by atoms with van der Waals surface area (Å²) >= 11 is 6.20. The van der Waals surface area contributed by atoms with E-state index in [0.29, 0.717) is 6.54 Å². The summed E-state index contributed by atoms with van der Waals surface area (Å²) in [5.74, 6) is 1.94. The Morgan fingerprint density at radius 3 is 2.72 bits per heavy atom. The zero-order valence-electron chi connectivity index (χ0n) is 10.7. The van der Waals surface area contributed by atoms with Crippen molar-refractivity contribution in [1.29, 1.82) is 0 Å². The van der Waals surface area contributed by atoms with Crippen LogP contribution in [0.15, 0.2) is 24.3 Å². The predicted molar refractivity (Wildman–Crippen MR) is 71.9 cm³/mol. The molecule has 1 saturated carbocycles. The molecule has 1 aromatic heterocycles. The van der Waals surface area contributed by atoms with Gasteiger partial charge in [-0.15, -0.1) is 0 Å². The molecule has 1 aliphatic carbocycles. The number of halogens is 1. The van der Waals surface area contributed by atoms with Crippen LogP contribution in [0.5, 0.6) is 0 Å². The molecule has 0 aliphatic heterocycles. The number of aryl methyl sites for hydroxylation is 1. The second-order valence-electron chi connectivity index (χ2n) is 5.29. The van der Waals surface area contributed by atoms with Gasteiger partial charge in [-0.2, -0.15) is 5.10 Å². The summed E-state index contributed by atoms with van der Waals surface area (Å²) in [4.78, 5) is 4.58. The van der Waals surface area contributed by atoms with E-state index in [1.807, 2.05) is 35.9 Å². The molecular weight excluding hydrogens is 246 g/mol. The third kappa shape index (κ3) is 2.03. The first-order valence-electron chi connectivity index (χ1n) is 6.24. The summed E-state index contributed by atoms with van der Waals surface area (Å²) in [5.41, 5.74) is 1.32. The van der Waals surface area contributed by atoms with Crippen molar-refractivity contribution in [1.82, 2.24) is 14.8 Å². The van der Waals surface area contributed by atoms with Crippen LogP contribution in [0.4, 0.5) is 0 Å². The van der Waals surface area contributed by atoms with Crippen molar-refractivity contribution in [3.05, 3.63) is 46.5 Å². The fourth-order valence-corrected chi connectivity index (χ4v) is 2.41. The van der Waals surface area contributed by atoms with Crippen LogP contribution in [0.25, 0.3) is 0 Å². The fourth-order valence-electron chi connectivity index (χ4n) is 2.21. The van der Waals surface area contributed by atoms with Crippen molar-refractivity contribution in [3.63, 3.8) is 0 Å². The van der Waals surface area contributed by atoms with Gasteiger partial charge in [0.05, 0.1) is 6.54 Å². The average molecular weight is 262 g/mol. The molecule has 4 heteroatoms. The lowest BCUT2D eigenvalue weighted by atomic mass is 10.1. The molecule has 0 bridgehead atoms. The summed E-state index contributed by atoms with van der Waals surface area (Å²) in [6, 6.07) is 7.91. The maximum Gasteiger partial charge on any atom is 0.147 e. The first-order chi connectivity index (χ1) is 8.58.